The lowest BCUT2D eigenvalue weighted by Crippen LogP contribution is -2.17. The van der Waals surface area contributed by atoms with Crippen LogP contribution >= 0.6 is 27.3 Å². The first-order chi connectivity index (χ1) is 9.26. The number of thiophene rings is 1. The summed E-state index contributed by atoms with van der Waals surface area (Å²) < 4.78 is 40.8. The van der Waals surface area contributed by atoms with Crippen LogP contribution in [-0.4, -0.2) is 11.5 Å². The minimum atomic E-state index is -4.71. The molecule has 1 aromatic heterocycles. The predicted octanol–water partition coefficient (Wildman–Crippen LogP) is 4.80. The van der Waals surface area contributed by atoms with Crippen molar-refractivity contribution in [2.24, 2.45) is 0 Å². The maximum atomic E-state index is 12.0. The number of aryl methyl sites for hydroxylation is 1. The molecule has 0 aliphatic heterocycles. The second kappa shape index (κ2) is 5.75. The Bertz CT molecular complexity index is 593. The molecule has 1 unspecified atom stereocenters. The Morgan fingerprint density at radius 1 is 1.25 bits per heavy atom. The zero-order valence-corrected chi connectivity index (χ0v) is 12.6. The molecule has 20 heavy (non-hydrogen) atoms. The fourth-order valence-corrected chi connectivity index (χ4v) is 3.50. The van der Waals surface area contributed by atoms with Crippen molar-refractivity contribution >= 4 is 27.3 Å². The topological polar surface area (TPSA) is 29.5 Å². The van der Waals surface area contributed by atoms with Crippen LogP contribution in [0.4, 0.5) is 13.2 Å². The first kappa shape index (κ1) is 15.3. The van der Waals surface area contributed by atoms with Gasteiger partial charge in [0, 0.05) is 4.88 Å². The lowest BCUT2D eigenvalue weighted by atomic mass is 10.0. The van der Waals surface area contributed by atoms with E-state index in [1.807, 2.05) is 6.92 Å². The lowest BCUT2D eigenvalue weighted by molar-refractivity contribution is -0.274. The number of aliphatic hydroxyl groups excluding tert-OH is 1. The molecule has 0 amide bonds. The third-order valence-electron chi connectivity index (χ3n) is 2.65. The quantitative estimate of drug-likeness (QED) is 0.845. The van der Waals surface area contributed by atoms with E-state index in [0.717, 1.165) is 14.2 Å². The van der Waals surface area contributed by atoms with E-state index in [4.69, 9.17) is 0 Å². The predicted molar refractivity (Wildman–Crippen MR) is 73.9 cm³/mol. The fraction of sp³-hybridized carbons (Fsp3) is 0.231. The number of ether oxygens (including phenoxy) is 1. The highest BCUT2D eigenvalue weighted by atomic mass is 79.9. The van der Waals surface area contributed by atoms with Crippen molar-refractivity contribution in [1.29, 1.82) is 0 Å². The smallest absolute Gasteiger partial charge is 0.406 e. The molecule has 0 spiro atoms. The van der Waals surface area contributed by atoms with Gasteiger partial charge in [-0.15, -0.1) is 24.5 Å². The molecule has 0 bridgehead atoms. The van der Waals surface area contributed by atoms with Crippen molar-refractivity contribution in [2.75, 3.05) is 0 Å². The van der Waals surface area contributed by atoms with Crippen LogP contribution in [0.1, 0.15) is 22.1 Å². The molecule has 1 aromatic carbocycles. The van der Waals surface area contributed by atoms with Gasteiger partial charge in [-0.1, -0.05) is 12.1 Å². The van der Waals surface area contributed by atoms with Crippen LogP contribution in [0.25, 0.3) is 0 Å². The van der Waals surface area contributed by atoms with Gasteiger partial charge in [0.1, 0.15) is 11.9 Å². The largest absolute Gasteiger partial charge is 0.573 e. The summed E-state index contributed by atoms with van der Waals surface area (Å²) in [5.74, 6) is -0.309. The minimum absolute atomic E-state index is 0.309. The van der Waals surface area contributed by atoms with E-state index in [9.17, 15) is 18.3 Å². The summed E-state index contributed by atoms with van der Waals surface area (Å²) in [7, 11) is 0. The van der Waals surface area contributed by atoms with Gasteiger partial charge in [-0.3, -0.25) is 0 Å². The maximum absolute atomic E-state index is 12.0. The van der Waals surface area contributed by atoms with Crippen molar-refractivity contribution in [2.45, 2.75) is 19.4 Å². The highest BCUT2D eigenvalue weighted by Crippen LogP contribution is 2.34. The van der Waals surface area contributed by atoms with Crippen LogP contribution in [0.5, 0.6) is 5.75 Å². The minimum Gasteiger partial charge on any atom is -0.406 e. The molecule has 0 saturated carbocycles. The van der Waals surface area contributed by atoms with Gasteiger partial charge in [0.05, 0.1) is 3.79 Å². The van der Waals surface area contributed by atoms with Gasteiger partial charge in [-0.25, -0.2) is 0 Å². The van der Waals surface area contributed by atoms with Gasteiger partial charge >= 0.3 is 6.36 Å². The van der Waals surface area contributed by atoms with E-state index in [2.05, 4.69) is 20.7 Å². The van der Waals surface area contributed by atoms with Gasteiger partial charge in [-0.2, -0.15) is 0 Å². The molecule has 7 heteroatoms. The Morgan fingerprint density at radius 2 is 1.85 bits per heavy atom. The van der Waals surface area contributed by atoms with E-state index < -0.39 is 12.5 Å². The van der Waals surface area contributed by atoms with E-state index >= 15 is 0 Å². The maximum Gasteiger partial charge on any atom is 0.573 e. The Labute approximate surface area is 125 Å². The molecule has 1 N–H and O–H groups in total. The number of hydrogen-bond donors (Lipinski definition) is 1. The summed E-state index contributed by atoms with van der Waals surface area (Å²) in [6, 6.07) is 6.99. The molecule has 0 radical (unpaired) electrons. The Balaban J connectivity index is 2.19. The summed E-state index contributed by atoms with van der Waals surface area (Å²) in [6.07, 6.45) is -5.59. The Hall–Kier alpha value is -1.05. The molecule has 108 valence electrons. The van der Waals surface area contributed by atoms with Crippen LogP contribution in [-0.2, 0) is 0 Å². The SMILES string of the molecule is Cc1sc(Br)cc1C(O)c1ccc(OC(F)(F)F)cc1. The van der Waals surface area contributed by atoms with Crippen molar-refractivity contribution in [3.63, 3.8) is 0 Å². The molecule has 0 fully saturated rings. The van der Waals surface area contributed by atoms with Gasteiger partial charge in [0.2, 0.25) is 0 Å². The first-order valence-corrected chi connectivity index (χ1v) is 7.17. The molecular weight excluding hydrogens is 357 g/mol. The fourth-order valence-electron chi connectivity index (χ4n) is 1.76. The number of halogens is 4. The van der Waals surface area contributed by atoms with Crippen LogP contribution < -0.4 is 4.74 Å². The second-order valence-corrected chi connectivity index (χ2v) is 6.72. The molecular formula is C13H10BrF3O2S. The molecule has 2 aromatic rings. The third kappa shape index (κ3) is 3.74. The van der Waals surface area contributed by atoms with Crippen LogP contribution in [0.3, 0.4) is 0 Å². The number of rotatable bonds is 3. The van der Waals surface area contributed by atoms with Gasteiger partial charge in [-0.05, 0) is 52.2 Å². The van der Waals surface area contributed by atoms with Gasteiger partial charge in [0.15, 0.2) is 0 Å². The molecule has 1 heterocycles. The Kier molecular flexibility index (Phi) is 4.41. The normalized spacial score (nSPS) is 13.3. The number of hydrogen-bond acceptors (Lipinski definition) is 3. The molecule has 2 nitrogen and oxygen atoms in total. The van der Waals surface area contributed by atoms with Crippen molar-refractivity contribution in [1.82, 2.24) is 0 Å². The van der Waals surface area contributed by atoms with Crippen LogP contribution in [0.15, 0.2) is 34.1 Å². The summed E-state index contributed by atoms with van der Waals surface area (Å²) >= 11 is 4.82. The Morgan fingerprint density at radius 3 is 2.30 bits per heavy atom. The van der Waals surface area contributed by atoms with Crippen molar-refractivity contribution in [3.05, 3.63) is 50.1 Å². The zero-order chi connectivity index (χ0) is 14.9. The zero-order valence-electron chi connectivity index (χ0n) is 10.2. The van der Waals surface area contributed by atoms with E-state index in [1.54, 1.807) is 6.07 Å². The monoisotopic (exact) mass is 366 g/mol. The second-order valence-electron chi connectivity index (χ2n) is 4.08. The van der Waals surface area contributed by atoms with E-state index in [0.29, 0.717) is 5.56 Å². The highest BCUT2D eigenvalue weighted by Gasteiger charge is 2.31. The van der Waals surface area contributed by atoms with Crippen LogP contribution in [0, 0.1) is 6.92 Å². The summed E-state index contributed by atoms with van der Waals surface area (Å²) in [4.78, 5) is 0.944. The molecule has 2 rings (SSSR count). The van der Waals surface area contributed by atoms with E-state index in [-0.39, 0.29) is 5.75 Å². The van der Waals surface area contributed by atoms with Gasteiger partial charge < -0.3 is 9.84 Å². The number of aliphatic hydroxyl groups is 1. The van der Waals surface area contributed by atoms with Gasteiger partial charge in [0.25, 0.3) is 0 Å². The summed E-state index contributed by atoms with van der Waals surface area (Å²) in [5, 5.41) is 10.2. The highest BCUT2D eigenvalue weighted by molar-refractivity contribution is 9.11. The first-order valence-electron chi connectivity index (χ1n) is 5.56. The summed E-state index contributed by atoms with van der Waals surface area (Å²) in [5.41, 5.74) is 1.24. The van der Waals surface area contributed by atoms with Crippen molar-refractivity contribution < 1.29 is 23.0 Å². The molecule has 0 aliphatic rings. The number of alkyl halides is 3. The van der Waals surface area contributed by atoms with Crippen LogP contribution in [0.2, 0.25) is 0 Å². The average molecular weight is 367 g/mol. The molecule has 1 atom stereocenters. The van der Waals surface area contributed by atoms with Crippen molar-refractivity contribution in [3.8, 4) is 5.75 Å². The average Bonchev–Trinajstić information content (AvgIpc) is 2.66. The molecule has 0 saturated heterocycles. The standard InChI is InChI=1S/C13H10BrF3O2S/c1-7-10(6-11(14)20-7)12(18)8-2-4-9(5-3-8)19-13(15,16)17/h2-6,12,18H,1H3. The van der Waals surface area contributed by atoms with E-state index in [1.165, 1.54) is 35.6 Å². The summed E-state index contributed by atoms with van der Waals surface area (Å²) in [6.45, 7) is 1.87. The lowest BCUT2D eigenvalue weighted by Gasteiger charge is -2.13. The third-order valence-corrected chi connectivity index (χ3v) is 4.22. The molecule has 0 aliphatic carbocycles. The number of benzene rings is 1.